The minimum Gasteiger partial charge on any atom is -0.388 e. The Morgan fingerprint density at radius 1 is 1.33 bits per heavy atom. The van der Waals surface area contributed by atoms with E-state index in [1.54, 1.807) is 13.1 Å². The summed E-state index contributed by atoms with van der Waals surface area (Å²) < 4.78 is 14.1. The molecule has 1 aromatic rings. The van der Waals surface area contributed by atoms with Crippen LogP contribution in [0.25, 0.3) is 5.70 Å². The Morgan fingerprint density at radius 3 is 2.40 bits per heavy atom. The van der Waals surface area contributed by atoms with Crippen molar-refractivity contribution in [3.05, 3.63) is 41.7 Å². The molecule has 0 heterocycles. The number of rotatable bonds is 2. The van der Waals surface area contributed by atoms with Crippen LogP contribution in [-0.4, -0.2) is 7.05 Å². The van der Waals surface area contributed by atoms with Gasteiger partial charge in [0, 0.05) is 18.3 Å². The molecule has 0 amide bonds. The van der Waals surface area contributed by atoms with Gasteiger partial charge in [0.2, 0.25) is 0 Å². The van der Waals surface area contributed by atoms with Crippen molar-refractivity contribution >= 4 is 5.70 Å². The van der Waals surface area contributed by atoms with Crippen LogP contribution in [0.2, 0.25) is 0 Å². The molecule has 0 radical (unpaired) electrons. The minimum atomic E-state index is -0.186. The highest BCUT2D eigenvalue weighted by atomic mass is 19.1. The molecule has 1 aromatic carbocycles. The molecule has 15 heavy (non-hydrogen) atoms. The van der Waals surface area contributed by atoms with Crippen LogP contribution in [0.1, 0.15) is 31.9 Å². The van der Waals surface area contributed by atoms with Gasteiger partial charge in [0.1, 0.15) is 5.82 Å². The predicted molar refractivity (Wildman–Crippen MR) is 63.2 cm³/mol. The van der Waals surface area contributed by atoms with Crippen molar-refractivity contribution in [2.75, 3.05) is 7.05 Å². The smallest absolute Gasteiger partial charge is 0.136 e. The van der Waals surface area contributed by atoms with Gasteiger partial charge in [0.05, 0.1) is 0 Å². The Bertz CT molecular complexity index is 375. The molecule has 0 saturated carbocycles. The highest BCUT2D eigenvalue weighted by molar-refractivity contribution is 5.63. The standard InChI is InChI=1S/C13H18FN/c1-9(15-5)10-7-6-8-11(12(10)14)13(2,3)4/h6-8,15H,1H2,2-5H3. The lowest BCUT2D eigenvalue weighted by Crippen LogP contribution is -2.16. The van der Waals surface area contributed by atoms with E-state index in [0.717, 1.165) is 5.56 Å². The van der Waals surface area contributed by atoms with E-state index in [9.17, 15) is 4.39 Å². The van der Waals surface area contributed by atoms with Crippen molar-refractivity contribution in [3.63, 3.8) is 0 Å². The first kappa shape index (κ1) is 11.8. The SMILES string of the molecule is C=C(NC)c1cccc(C(C)(C)C)c1F. The van der Waals surface area contributed by atoms with Crippen molar-refractivity contribution in [2.24, 2.45) is 0 Å². The molecule has 0 saturated heterocycles. The third-order valence-electron chi connectivity index (χ3n) is 2.43. The van der Waals surface area contributed by atoms with Crippen LogP contribution in [0.15, 0.2) is 24.8 Å². The summed E-state index contributed by atoms with van der Waals surface area (Å²) in [6.45, 7) is 9.77. The van der Waals surface area contributed by atoms with Crippen molar-refractivity contribution in [3.8, 4) is 0 Å². The highest BCUT2D eigenvalue weighted by Crippen LogP contribution is 2.28. The van der Waals surface area contributed by atoms with E-state index >= 15 is 0 Å². The maximum Gasteiger partial charge on any atom is 0.136 e. The molecule has 0 fully saturated rings. The van der Waals surface area contributed by atoms with E-state index < -0.39 is 0 Å². The van der Waals surface area contributed by atoms with Crippen LogP contribution in [0, 0.1) is 5.82 Å². The summed E-state index contributed by atoms with van der Waals surface area (Å²) in [6, 6.07) is 5.42. The molecule has 0 atom stereocenters. The predicted octanol–water partition coefficient (Wildman–Crippen LogP) is 3.31. The van der Waals surface area contributed by atoms with E-state index in [2.05, 4.69) is 11.9 Å². The highest BCUT2D eigenvalue weighted by Gasteiger charge is 2.20. The third kappa shape index (κ3) is 2.38. The van der Waals surface area contributed by atoms with E-state index in [4.69, 9.17) is 0 Å². The van der Waals surface area contributed by atoms with Crippen LogP contribution in [-0.2, 0) is 5.41 Å². The lowest BCUT2D eigenvalue weighted by atomic mass is 9.85. The van der Waals surface area contributed by atoms with Gasteiger partial charge in [-0.05, 0) is 17.0 Å². The van der Waals surface area contributed by atoms with Crippen LogP contribution in [0.5, 0.6) is 0 Å². The molecule has 0 bridgehead atoms. The minimum absolute atomic E-state index is 0.177. The van der Waals surface area contributed by atoms with Gasteiger partial charge < -0.3 is 5.32 Å². The Hall–Kier alpha value is -1.31. The Kier molecular flexibility index (Phi) is 3.18. The Labute approximate surface area is 91.0 Å². The van der Waals surface area contributed by atoms with Gasteiger partial charge in [0.25, 0.3) is 0 Å². The molecule has 1 rings (SSSR count). The van der Waals surface area contributed by atoms with Gasteiger partial charge in [-0.15, -0.1) is 0 Å². The maximum absolute atomic E-state index is 14.1. The van der Waals surface area contributed by atoms with Gasteiger partial charge in [-0.1, -0.05) is 39.5 Å². The summed E-state index contributed by atoms with van der Waals surface area (Å²) in [5, 5.41) is 2.87. The fraction of sp³-hybridized carbons (Fsp3) is 0.385. The molecule has 0 aliphatic heterocycles. The molecule has 2 heteroatoms. The van der Waals surface area contributed by atoms with E-state index in [0.29, 0.717) is 11.3 Å². The summed E-state index contributed by atoms with van der Waals surface area (Å²) in [5.74, 6) is -0.177. The number of hydrogen-bond acceptors (Lipinski definition) is 1. The molecule has 0 unspecified atom stereocenters. The lowest BCUT2D eigenvalue weighted by molar-refractivity contribution is 0.520. The van der Waals surface area contributed by atoms with Gasteiger partial charge in [-0.3, -0.25) is 0 Å². The Morgan fingerprint density at radius 2 is 1.93 bits per heavy atom. The van der Waals surface area contributed by atoms with Gasteiger partial charge in [0.15, 0.2) is 0 Å². The average molecular weight is 207 g/mol. The number of halogens is 1. The van der Waals surface area contributed by atoms with Gasteiger partial charge in [-0.2, -0.15) is 0 Å². The molecule has 0 aliphatic rings. The van der Waals surface area contributed by atoms with Crippen molar-refractivity contribution < 1.29 is 4.39 Å². The zero-order valence-electron chi connectivity index (χ0n) is 9.82. The summed E-state index contributed by atoms with van der Waals surface area (Å²) in [5.41, 5.74) is 1.69. The molecular formula is C13H18FN. The summed E-state index contributed by atoms with van der Waals surface area (Å²) >= 11 is 0. The first-order valence-corrected chi connectivity index (χ1v) is 5.04. The second-order valence-corrected chi connectivity index (χ2v) is 4.65. The molecule has 0 aliphatic carbocycles. The third-order valence-corrected chi connectivity index (χ3v) is 2.43. The maximum atomic E-state index is 14.1. The van der Waals surface area contributed by atoms with Crippen molar-refractivity contribution in [1.29, 1.82) is 0 Å². The number of nitrogens with one attached hydrogen (secondary N) is 1. The second kappa shape index (κ2) is 4.05. The average Bonchev–Trinajstić information content (AvgIpc) is 2.15. The second-order valence-electron chi connectivity index (χ2n) is 4.65. The normalized spacial score (nSPS) is 11.3. The fourth-order valence-corrected chi connectivity index (χ4v) is 1.48. The van der Waals surface area contributed by atoms with Crippen LogP contribution >= 0.6 is 0 Å². The van der Waals surface area contributed by atoms with Gasteiger partial charge in [-0.25, -0.2) is 4.39 Å². The zero-order valence-corrected chi connectivity index (χ0v) is 9.82. The van der Waals surface area contributed by atoms with E-state index in [-0.39, 0.29) is 11.2 Å². The van der Waals surface area contributed by atoms with E-state index in [1.165, 1.54) is 0 Å². The topological polar surface area (TPSA) is 12.0 Å². The monoisotopic (exact) mass is 207 g/mol. The summed E-state index contributed by atoms with van der Waals surface area (Å²) in [7, 11) is 1.74. The first-order valence-electron chi connectivity index (χ1n) is 5.04. The lowest BCUT2D eigenvalue weighted by Gasteiger charge is -2.21. The van der Waals surface area contributed by atoms with Crippen LogP contribution < -0.4 is 5.32 Å². The molecule has 82 valence electrons. The van der Waals surface area contributed by atoms with Crippen molar-refractivity contribution in [1.82, 2.24) is 5.32 Å². The largest absolute Gasteiger partial charge is 0.388 e. The molecular weight excluding hydrogens is 189 g/mol. The molecule has 1 nitrogen and oxygen atoms in total. The number of hydrogen-bond donors (Lipinski definition) is 1. The first-order chi connectivity index (χ1) is 6.88. The number of benzene rings is 1. The van der Waals surface area contributed by atoms with E-state index in [1.807, 2.05) is 32.9 Å². The fourth-order valence-electron chi connectivity index (χ4n) is 1.48. The molecule has 0 spiro atoms. The summed E-state index contributed by atoms with van der Waals surface area (Å²) in [6.07, 6.45) is 0. The van der Waals surface area contributed by atoms with Crippen molar-refractivity contribution in [2.45, 2.75) is 26.2 Å². The quantitative estimate of drug-likeness (QED) is 0.784. The zero-order chi connectivity index (χ0) is 11.6. The van der Waals surface area contributed by atoms with Gasteiger partial charge >= 0.3 is 0 Å². The molecule has 1 N–H and O–H groups in total. The van der Waals surface area contributed by atoms with Crippen LogP contribution in [0.4, 0.5) is 4.39 Å². The Balaban J connectivity index is 3.30. The molecule has 0 aromatic heterocycles. The summed E-state index contributed by atoms with van der Waals surface area (Å²) in [4.78, 5) is 0. The van der Waals surface area contributed by atoms with Crippen LogP contribution in [0.3, 0.4) is 0 Å².